The fourth-order valence-corrected chi connectivity index (χ4v) is 8.79. The van der Waals surface area contributed by atoms with Crippen molar-refractivity contribution < 1.29 is 16.8 Å². The summed E-state index contributed by atoms with van der Waals surface area (Å²) in [5.41, 5.74) is 10.4. The van der Waals surface area contributed by atoms with Gasteiger partial charge in [0.25, 0.3) is 0 Å². The normalized spacial score (nSPS) is 15.1. The van der Waals surface area contributed by atoms with E-state index >= 15 is 0 Å². The predicted octanol–water partition coefficient (Wildman–Crippen LogP) is 15.5. The van der Waals surface area contributed by atoms with Gasteiger partial charge in [0.15, 0.2) is 0 Å². The second kappa shape index (κ2) is 13.0. The molecule has 11 rings (SSSR count). The van der Waals surface area contributed by atoms with E-state index in [1.54, 1.807) is 4.90 Å². The third kappa shape index (κ3) is 5.33. The molecule has 1 heterocycles. The lowest BCUT2D eigenvalue weighted by Gasteiger charge is -2.27. The number of nitrogens with zero attached hydrogens (tertiary/aromatic N) is 1. The Morgan fingerprint density at radius 2 is 1.07 bits per heavy atom. The minimum atomic E-state index is -0.627. The summed E-state index contributed by atoms with van der Waals surface area (Å²) in [5.74, 6) is 0. The molecule has 0 fully saturated rings. The van der Waals surface area contributed by atoms with Crippen molar-refractivity contribution in [3.63, 3.8) is 0 Å². The smallest absolute Gasteiger partial charge is 0.143 e. The van der Waals surface area contributed by atoms with Crippen molar-refractivity contribution >= 4 is 49.8 Å². The number of rotatable bonds is 6. The Morgan fingerprint density at radius 1 is 0.456 bits per heavy atom. The van der Waals surface area contributed by atoms with Gasteiger partial charge in [0.1, 0.15) is 11.2 Å². The number of anilines is 3. The number of hydrogen-bond donors (Lipinski definition) is 0. The first-order chi connectivity index (χ1) is 31.8. The monoisotopic (exact) mass is 738 g/mol. The molecule has 0 aliphatic heterocycles. The first kappa shape index (κ1) is 25.1. The van der Waals surface area contributed by atoms with Gasteiger partial charge in [0.05, 0.1) is 12.3 Å². The maximum Gasteiger partial charge on any atom is 0.143 e. The second-order valence-electron chi connectivity index (χ2n) is 15.0. The van der Waals surface area contributed by atoms with Crippen LogP contribution in [0.25, 0.3) is 77.2 Å². The van der Waals surface area contributed by atoms with Gasteiger partial charge >= 0.3 is 0 Å². The maximum atomic E-state index is 9.50. The minimum absolute atomic E-state index is 0.0615. The lowest BCUT2D eigenvalue weighted by atomic mass is 9.79. The fraction of sp³-hybridized carbons (Fsp3) is 0.0545. The number of benzene rings is 9. The van der Waals surface area contributed by atoms with E-state index in [-0.39, 0.29) is 22.2 Å². The molecule has 0 amide bonds. The van der Waals surface area contributed by atoms with E-state index in [2.05, 4.69) is 86.6 Å². The summed E-state index contributed by atoms with van der Waals surface area (Å²) in [6, 6.07) is 43.7. The predicted molar refractivity (Wildman–Crippen MR) is 240 cm³/mol. The lowest BCUT2D eigenvalue weighted by molar-refractivity contribution is 0.662. The number of furan rings is 1. The molecule has 1 aromatic heterocycles. The molecule has 0 spiro atoms. The topological polar surface area (TPSA) is 16.4 Å². The largest absolute Gasteiger partial charge is 0.455 e. The van der Waals surface area contributed by atoms with Crippen LogP contribution in [-0.2, 0) is 5.41 Å². The number of fused-ring (bicyclic) bond motifs is 8. The molecule has 2 nitrogen and oxygen atoms in total. The minimum Gasteiger partial charge on any atom is -0.455 e. The van der Waals surface area contributed by atoms with Gasteiger partial charge in [0, 0.05) is 38.6 Å². The fourth-order valence-electron chi connectivity index (χ4n) is 8.79. The Morgan fingerprint density at radius 3 is 1.84 bits per heavy atom. The standard InChI is InChI=1S/C55H39NO/c1-55(2)50-20-9-8-16-47(50)48-19-10-18-45(53(48)55)40-26-33-43(34-27-40)56(41-29-22-37(23-30-41)36-12-4-3-5-13-36)42-31-24-39(25-32-42)44-17-11-21-51-52(44)49-35-28-38-14-6-7-15-46(38)54(49)57-51/h3-35H,1-2H3/i3D,4D,5D,12D,13D,22D,23D,29D,30D. The zero-order valence-corrected chi connectivity index (χ0v) is 31.2. The Kier molecular flexibility index (Phi) is 5.71. The van der Waals surface area contributed by atoms with E-state index in [9.17, 15) is 5.48 Å². The molecule has 0 atom stereocenters. The van der Waals surface area contributed by atoms with Crippen molar-refractivity contribution in [2.24, 2.45) is 0 Å². The van der Waals surface area contributed by atoms with Crippen LogP contribution in [0.1, 0.15) is 37.3 Å². The molecule has 0 saturated carbocycles. The lowest BCUT2D eigenvalue weighted by Crippen LogP contribution is -2.16. The molecule has 0 unspecified atom stereocenters. The molecule has 1 aliphatic rings. The maximum absolute atomic E-state index is 9.50. The highest BCUT2D eigenvalue weighted by Gasteiger charge is 2.37. The molecule has 0 saturated heterocycles. The molecule has 57 heavy (non-hydrogen) atoms. The Hall–Kier alpha value is -7.16. The van der Waals surface area contributed by atoms with Crippen LogP contribution in [0.4, 0.5) is 17.1 Å². The van der Waals surface area contributed by atoms with Gasteiger partial charge in [-0.05, 0) is 110 Å². The van der Waals surface area contributed by atoms with Crippen molar-refractivity contribution in [3.8, 4) is 44.5 Å². The van der Waals surface area contributed by atoms with Crippen LogP contribution >= 0.6 is 0 Å². The molecule has 9 aromatic carbocycles. The van der Waals surface area contributed by atoms with Crippen LogP contribution in [0.3, 0.4) is 0 Å². The summed E-state index contributed by atoms with van der Waals surface area (Å²) in [5, 5.41) is 4.07. The highest BCUT2D eigenvalue weighted by molar-refractivity contribution is 6.19. The van der Waals surface area contributed by atoms with Gasteiger partial charge in [-0.3, -0.25) is 0 Å². The number of hydrogen-bond acceptors (Lipinski definition) is 2. The zero-order chi connectivity index (χ0) is 45.9. The van der Waals surface area contributed by atoms with Crippen LogP contribution in [-0.4, -0.2) is 0 Å². The van der Waals surface area contributed by atoms with Crippen LogP contribution in [0.5, 0.6) is 0 Å². The van der Waals surface area contributed by atoms with E-state index in [1.165, 1.54) is 22.3 Å². The van der Waals surface area contributed by atoms with Crippen molar-refractivity contribution in [1.29, 1.82) is 0 Å². The molecular formula is C55H39NO. The van der Waals surface area contributed by atoms with Crippen LogP contribution in [0.2, 0.25) is 0 Å². The molecule has 270 valence electrons. The first-order valence-corrected chi connectivity index (χ1v) is 19.0. The summed E-state index contributed by atoms with van der Waals surface area (Å²) in [6.45, 7) is 4.49. The summed E-state index contributed by atoms with van der Waals surface area (Å²) in [6.07, 6.45) is 0. The van der Waals surface area contributed by atoms with Crippen LogP contribution in [0, 0.1) is 0 Å². The molecule has 0 radical (unpaired) electrons. The van der Waals surface area contributed by atoms with E-state index in [1.807, 2.05) is 72.8 Å². The summed E-state index contributed by atoms with van der Waals surface area (Å²) in [4.78, 5) is 1.69. The second-order valence-corrected chi connectivity index (χ2v) is 15.0. The van der Waals surface area contributed by atoms with Crippen molar-refractivity contribution in [1.82, 2.24) is 0 Å². The van der Waals surface area contributed by atoms with E-state index in [0.29, 0.717) is 11.4 Å². The molecule has 10 aromatic rings. The average Bonchev–Trinajstić information content (AvgIpc) is 3.85. The average molecular weight is 739 g/mol. The van der Waals surface area contributed by atoms with Crippen molar-refractivity contribution in [2.45, 2.75) is 19.3 Å². The van der Waals surface area contributed by atoms with Crippen LogP contribution in [0.15, 0.2) is 204 Å². The molecular weight excluding hydrogens is 691 g/mol. The Labute approximate surface area is 345 Å². The molecule has 0 bridgehead atoms. The van der Waals surface area contributed by atoms with Gasteiger partial charge in [-0.15, -0.1) is 0 Å². The SMILES string of the molecule is [2H]c1c([2H])c([2H])c(-c2c([2H])c([2H])c(N(c3ccc(-c4cccc5c4C(C)(C)c4ccccc4-5)cc3)c3ccc(-c4cccc5oc6c7ccccc7ccc6c45)cc3)c([2H])c2[2H])c([2H])c1[2H]. The summed E-state index contributed by atoms with van der Waals surface area (Å²) in [7, 11) is 0. The third-order valence-electron chi connectivity index (χ3n) is 11.4. The quantitative estimate of drug-likeness (QED) is 0.169. The van der Waals surface area contributed by atoms with E-state index in [4.69, 9.17) is 11.3 Å². The molecule has 2 heteroatoms. The molecule has 1 aliphatic carbocycles. The highest BCUT2D eigenvalue weighted by atomic mass is 16.3. The van der Waals surface area contributed by atoms with E-state index < -0.39 is 54.4 Å². The van der Waals surface area contributed by atoms with Crippen molar-refractivity contribution in [3.05, 3.63) is 211 Å². The van der Waals surface area contributed by atoms with E-state index in [0.717, 1.165) is 55.0 Å². The Bertz CT molecular complexity index is 3610. The molecule has 0 N–H and O–H groups in total. The van der Waals surface area contributed by atoms with Gasteiger partial charge in [-0.1, -0.05) is 165 Å². The first-order valence-electron chi connectivity index (χ1n) is 23.5. The summed E-state index contributed by atoms with van der Waals surface area (Å²) >= 11 is 0. The van der Waals surface area contributed by atoms with Gasteiger partial charge in [-0.25, -0.2) is 0 Å². The summed E-state index contributed by atoms with van der Waals surface area (Å²) < 4.78 is 86.1. The highest BCUT2D eigenvalue weighted by Crippen LogP contribution is 2.52. The zero-order valence-electron chi connectivity index (χ0n) is 40.2. The van der Waals surface area contributed by atoms with Gasteiger partial charge < -0.3 is 9.32 Å². The Balaban J connectivity index is 1.08. The van der Waals surface area contributed by atoms with Gasteiger partial charge in [-0.2, -0.15) is 0 Å². The van der Waals surface area contributed by atoms with Gasteiger partial charge in [0.2, 0.25) is 0 Å². The van der Waals surface area contributed by atoms with Crippen molar-refractivity contribution in [2.75, 3.05) is 4.90 Å². The third-order valence-corrected chi connectivity index (χ3v) is 11.4. The van der Waals surface area contributed by atoms with Crippen LogP contribution < -0.4 is 4.90 Å².